The number of carbonyl (C=O) groups excluding carboxylic acids is 1. The number of hydrogen-bond donors (Lipinski definition) is 3. The molecule has 0 aromatic heterocycles. The average Bonchev–Trinajstić information content (AvgIpc) is 2.62. The molecule has 0 fully saturated rings. The maximum Gasteiger partial charge on any atom is 0.294 e. The highest BCUT2D eigenvalue weighted by Gasteiger charge is 2.12. The van der Waals surface area contributed by atoms with Gasteiger partial charge in [-0.05, 0) is 36.4 Å². The van der Waals surface area contributed by atoms with E-state index in [0.717, 1.165) is 18.3 Å². The molecule has 0 saturated carbocycles. The van der Waals surface area contributed by atoms with Gasteiger partial charge < -0.3 is 10.6 Å². The van der Waals surface area contributed by atoms with Crippen LogP contribution in [-0.2, 0) is 14.9 Å². The Balaban J connectivity index is 2.14. The molecule has 0 radical (unpaired) electrons. The number of para-hydroxylation sites is 1. The van der Waals surface area contributed by atoms with Gasteiger partial charge >= 0.3 is 0 Å². The van der Waals surface area contributed by atoms with E-state index in [-0.39, 0.29) is 16.2 Å². The van der Waals surface area contributed by atoms with Crippen LogP contribution in [0.4, 0.5) is 11.4 Å². The lowest BCUT2D eigenvalue weighted by atomic mass is 10.2. The van der Waals surface area contributed by atoms with Crippen LogP contribution in [0.15, 0.2) is 65.2 Å². The third kappa shape index (κ3) is 4.68. The molecule has 0 spiro atoms. The van der Waals surface area contributed by atoms with Gasteiger partial charge in [0.2, 0.25) is 0 Å². The van der Waals surface area contributed by atoms with Crippen molar-refractivity contribution in [2.45, 2.75) is 4.90 Å². The molecule has 2 rings (SSSR count). The number of rotatable bonds is 5. The normalized spacial score (nSPS) is 11.1. The van der Waals surface area contributed by atoms with Gasteiger partial charge in [0.1, 0.15) is 17.7 Å². The molecule has 0 atom stereocenters. The smallest absolute Gasteiger partial charge is 0.294 e. The summed E-state index contributed by atoms with van der Waals surface area (Å²) in [5, 5.41) is 23.3. The zero-order valence-corrected chi connectivity index (χ0v) is 14.0. The van der Waals surface area contributed by atoms with Crippen molar-refractivity contribution in [2.24, 2.45) is 0 Å². The second kappa shape index (κ2) is 7.94. The highest BCUT2D eigenvalue weighted by molar-refractivity contribution is 7.85. The number of nitriles is 2. The van der Waals surface area contributed by atoms with Gasteiger partial charge in [-0.25, -0.2) is 0 Å². The van der Waals surface area contributed by atoms with Gasteiger partial charge in [0.25, 0.3) is 16.0 Å². The first-order valence-corrected chi connectivity index (χ1v) is 8.54. The van der Waals surface area contributed by atoms with E-state index in [4.69, 9.17) is 15.1 Å². The molecule has 0 unspecified atom stereocenters. The Morgan fingerprint density at radius 1 is 1.08 bits per heavy atom. The summed E-state index contributed by atoms with van der Waals surface area (Å²) < 4.78 is 30.9. The molecule has 9 heteroatoms. The molecule has 0 aliphatic carbocycles. The molecule has 1 amide bonds. The van der Waals surface area contributed by atoms with Crippen molar-refractivity contribution in [3.63, 3.8) is 0 Å². The molecule has 0 saturated heterocycles. The monoisotopic (exact) mass is 368 g/mol. The Bertz CT molecular complexity index is 1050. The number of benzene rings is 2. The maximum absolute atomic E-state index is 12.1. The lowest BCUT2D eigenvalue weighted by molar-refractivity contribution is -0.112. The van der Waals surface area contributed by atoms with Gasteiger partial charge in [0.05, 0.1) is 16.1 Å². The Hall–Kier alpha value is -3.66. The first-order valence-electron chi connectivity index (χ1n) is 7.10. The predicted molar refractivity (Wildman–Crippen MR) is 93.4 cm³/mol. The second-order valence-corrected chi connectivity index (χ2v) is 6.35. The zero-order valence-electron chi connectivity index (χ0n) is 13.2. The van der Waals surface area contributed by atoms with Gasteiger partial charge in [-0.15, -0.1) is 0 Å². The van der Waals surface area contributed by atoms with Crippen LogP contribution in [0.3, 0.4) is 0 Å². The van der Waals surface area contributed by atoms with Gasteiger partial charge in [-0.3, -0.25) is 9.35 Å². The number of amides is 1. The van der Waals surface area contributed by atoms with Crippen LogP contribution in [0.1, 0.15) is 5.56 Å². The summed E-state index contributed by atoms with van der Waals surface area (Å²) in [4.78, 5) is 11.8. The van der Waals surface area contributed by atoms with Gasteiger partial charge in [0, 0.05) is 11.9 Å². The number of carbonyl (C=O) groups is 1. The standard InChI is InChI=1S/C17H12N4O4S/c18-9-12-3-1-2-4-16(12)20-11-13(10-19)17(22)21-14-5-7-15(8-6-14)26(23,24)25/h1-8,11,20H,(H,21,22)(H,23,24,25)/b13-11-. The second-order valence-electron chi connectivity index (χ2n) is 4.93. The zero-order chi connectivity index (χ0) is 19.2. The Morgan fingerprint density at radius 3 is 2.31 bits per heavy atom. The van der Waals surface area contributed by atoms with Gasteiger partial charge in [0.15, 0.2) is 0 Å². The Morgan fingerprint density at radius 2 is 1.73 bits per heavy atom. The fourth-order valence-corrected chi connectivity index (χ4v) is 2.39. The number of anilines is 2. The first kappa shape index (κ1) is 18.7. The van der Waals surface area contributed by atoms with Crippen molar-refractivity contribution in [3.05, 3.63) is 65.9 Å². The molecule has 8 nitrogen and oxygen atoms in total. The molecule has 0 aliphatic heterocycles. The average molecular weight is 368 g/mol. The molecule has 2 aromatic rings. The van der Waals surface area contributed by atoms with Crippen LogP contribution >= 0.6 is 0 Å². The fraction of sp³-hybridized carbons (Fsp3) is 0. The lowest BCUT2D eigenvalue weighted by Crippen LogP contribution is -2.14. The minimum absolute atomic E-state index is 0.237. The number of hydrogen-bond acceptors (Lipinski definition) is 6. The van der Waals surface area contributed by atoms with Gasteiger partial charge in [-0.1, -0.05) is 12.1 Å². The van der Waals surface area contributed by atoms with Crippen LogP contribution in [0.5, 0.6) is 0 Å². The van der Waals surface area contributed by atoms with E-state index in [0.29, 0.717) is 11.3 Å². The first-order chi connectivity index (χ1) is 12.3. The SMILES string of the molecule is N#C/C(=C/Nc1ccccc1C#N)C(=O)Nc1ccc(S(=O)(=O)O)cc1. The predicted octanol–water partition coefficient (Wildman–Crippen LogP) is 2.26. The Labute approximate surface area is 149 Å². The van der Waals surface area contributed by atoms with Crippen LogP contribution in [-0.4, -0.2) is 18.9 Å². The quantitative estimate of drug-likeness (QED) is 0.417. The summed E-state index contributed by atoms with van der Waals surface area (Å²) in [5.41, 5.74) is 0.771. The van der Waals surface area contributed by atoms with Crippen LogP contribution in [0, 0.1) is 22.7 Å². The van der Waals surface area contributed by atoms with E-state index in [1.165, 1.54) is 12.1 Å². The van der Waals surface area contributed by atoms with Crippen molar-refractivity contribution in [2.75, 3.05) is 10.6 Å². The maximum atomic E-state index is 12.1. The Kier molecular flexibility index (Phi) is 5.71. The van der Waals surface area contributed by atoms with Crippen molar-refractivity contribution in [1.82, 2.24) is 0 Å². The molecule has 0 bridgehead atoms. The van der Waals surface area contributed by atoms with E-state index >= 15 is 0 Å². The summed E-state index contributed by atoms with van der Waals surface area (Å²) in [6, 6.07) is 15.1. The van der Waals surface area contributed by atoms with Crippen molar-refractivity contribution >= 4 is 27.4 Å². The van der Waals surface area contributed by atoms with E-state index in [9.17, 15) is 13.2 Å². The van der Waals surface area contributed by atoms with Crippen LogP contribution in [0.25, 0.3) is 0 Å². The van der Waals surface area contributed by atoms with E-state index in [1.54, 1.807) is 30.3 Å². The minimum Gasteiger partial charge on any atom is -0.359 e. The molecule has 2 aromatic carbocycles. The van der Waals surface area contributed by atoms with Crippen LogP contribution in [0.2, 0.25) is 0 Å². The minimum atomic E-state index is -4.33. The third-order valence-electron chi connectivity index (χ3n) is 3.19. The molecule has 3 N–H and O–H groups in total. The molecule has 0 heterocycles. The third-order valence-corrected chi connectivity index (χ3v) is 4.06. The molecule has 130 valence electrons. The lowest BCUT2D eigenvalue weighted by Gasteiger charge is -2.06. The number of nitrogens with one attached hydrogen (secondary N) is 2. The van der Waals surface area contributed by atoms with E-state index < -0.39 is 16.0 Å². The van der Waals surface area contributed by atoms with E-state index in [1.807, 2.05) is 6.07 Å². The summed E-state index contributed by atoms with van der Waals surface area (Å²) in [6.07, 6.45) is 1.16. The summed E-state index contributed by atoms with van der Waals surface area (Å²) >= 11 is 0. The highest BCUT2D eigenvalue weighted by atomic mass is 32.2. The summed E-state index contributed by atoms with van der Waals surface area (Å²) in [6.45, 7) is 0. The highest BCUT2D eigenvalue weighted by Crippen LogP contribution is 2.16. The topological polar surface area (TPSA) is 143 Å². The summed E-state index contributed by atoms with van der Waals surface area (Å²) in [7, 11) is -4.33. The molecule has 26 heavy (non-hydrogen) atoms. The number of nitrogens with zero attached hydrogens (tertiary/aromatic N) is 2. The van der Waals surface area contributed by atoms with Crippen molar-refractivity contribution in [3.8, 4) is 12.1 Å². The van der Waals surface area contributed by atoms with Crippen LogP contribution < -0.4 is 10.6 Å². The van der Waals surface area contributed by atoms with Crippen molar-refractivity contribution in [1.29, 1.82) is 10.5 Å². The largest absolute Gasteiger partial charge is 0.359 e. The molecular formula is C17H12N4O4S. The van der Waals surface area contributed by atoms with E-state index in [2.05, 4.69) is 10.6 Å². The fourth-order valence-electron chi connectivity index (χ4n) is 1.91. The molecule has 0 aliphatic rings. The van der Waals surface area contributed by atoms with Gasteiger partial charge in [-0.2, -0.15) is 18.9 Å². The summed E-state index contributed by atoms with van der Waals surface area (Å²) in [5.74, 6) is -0.728. The molecular weight excluding hydrogens is 356 g/mol. The van der Waals surface area contributed by atoms with Crippen molar-refractivity contribution < 1.29 is 17.8 Å².